The number of nitrogens with zero attached hydrogens (tertiary/aromatic N) is 2. The molecule has 0 aliphatic carbocycles. The highest BCUT2D eigenvalue weighted by molar-refractivity contribution is 6.28. The van der Waals surface area contributed by atoms with Crippen LogP contribution in [-0.2, 0) is 0 Å². The highest BCUT2D eigenvalue weighted by Crippen LogP contribution is 2.22. The molecule has 2 aromatic rings. The molecule has 2 rings (SSSR count). The highest BCUT2D eigenvalue weighted by atomic mass is 35.5. The van der Waals surface area contributed by atoms with E-state index in [1.807, 2.05) is 0 Å². The Morgan fingerprint density at radius 3 is 2.64 bits per heavy atom. The average Bonchev–Trinajstić information content (AvgIpc) is 2.51. The molecule has 0 aliphatic rings. The van der Waals surface area contributed by atoms with Gasteiger partial charge < -0.3 is 4.52 Å². The third kappa shape index (κ3) is 1.58. The van der Waals surface area contributed by atoms with Crippen LogP contribution >= 0.6 is 11.6 Å². The van der Waals surface area contributed by atoms with Gasteiger partial charge in [-0.2, -0.15) is 4.98 Å². The second-order valence-corrected chi connectivity index (χ2v) is 2.83. The van der Waals surface area contributed by atoms with Crippen molar-refractivity contribution in [1.29, 1.82) is 0 Å². The van der Waals surface area contributed by atoms with Gasteiger partial charge in [-0.3, -0.25) is 0 Å². The van der Waals surface area contributed by atoms with E-state index in [1.54, 1.807) is 0 Å². The van der Waals surface area contributed by atoms with Crippen LogP contribution in [0.2, 0.25) is 5.28 Å². The zero-order valence-electron chi connectivity index (χ0n) is 6.67. The van der Waals surface area contributed by atoms with Crippen molar-refractivity contribution < 1.29 is 13.3 Å². The van der Waals surface area contributed by atoms with Gasteiger partial charge in [0.2, 0.25) is 0 Å². The Kier molecular flexibility index (Phi) is 2.17. The molecular formula is C8H3ClF2N2O. The Hall–Kier alpha value is -1.49. The van der Waals surface area contributed by atoms with Crippen molar-refractivity contribution in [2.75, 3.05) is 0 Å². The summed E-state index contributed by atoms with van der Waals surface area (Å²) in [5.74, 6) is -1.52. The van der Waals surface area contributed by atoms with E-state index >= 15 is 0 Å². The van der Waals surface area contributed by atoms with Crippen molar-refractivity contribution in [2.24, 2.45) is 0 Å². The van der Waals surface area contributed by atoms with Crippen LogP contribution in [0.3, 0.4) is 0 Å². The summed E-state index contributed by atoms with van der Waals surface area (Å²) in [6, 6.07) is 3.03. The van der Waals surface area contributed by atoms with Gasteiger partial charge in [-0.1, -0.05) is 0 Å². The number of halogens is 3. The van der Waals surface area contributed by atoms with Gasteiger partial charge in [-0.15, -0.1) is 0 Å². The second-order valence-electron chi connectivity index (χ2n) is 2.49. The molecular weight excluding hydrogens is 214 g/mol. The summed E-state index contributed by atoms with van der Waals surface area (Å²) in [5, 5.41) is 3.15. The molecule has 1 heterocycles. The van der Waals surface area contributed by atoms with Gasteiger partial charge in [-0.25, -0.2) is 8.78 Å². The first-order valence-electron chi connectivity index (χ1n) is 3.61. The zero-order chi connectivity index (χ0) is 10.1. The molecule has 0 N–H and O–H groups in total. The van der Waals surface area contributed by atoms with Crippen LogP contribution in [0.25, 0.3) is 11.5 Å². The molecule has 0 fully saturated rings. The predicted octanol–water partition coefficient (Wildman–Crippen LogP) is 2.67. The molecule has 3 nitrogen and oxygen atoms in total. The first-order valence-corrected chi connectivity index (χ1v) is 3.99. The third-order valence-corrected chi connectivity index (χ3v) is 1.72. The first-order chi connectivity index (χ1) is 6.66. The van der Waals surface area contributed by atoms with Crippen molar-refractivity contribution in [2.45, 2.75) is 0 Å². The summed E-state index contributed by atoms with van der Waals surface area (Å²) >= 11 is 5.38. The van der Waals surface area contributed by atoms with Crippen LogP contribution in [0.1, 0.15) is 0 Å². The maximum Gasteiger partial charge on any atom is 0.264 e. The van der Waals surface area contributed by atoms with Crippen molar-refractivity contribution >= 4 is 11.6 Å². The molecule has 0 atom stereocenters. The molecule has 0 saturated carbocycles. The SMILES string of the molecule is Fc1ccc(-c2nc(Cl)no2)c(F)c1. The van der Waals surface area contributed by atoms with E-state index in [1.165, 1.54) is 6.07 Å². The van der Waals surface area contributed by atoms with E-state index in [4.69, 9.17) is 11.6 Å². The van der Waals surface area contributed by atoms with E-state index in [2.05, 4.69) is 14.7 Å². The third-order valence-electron chi connectivity index (χ3n) is 1.56. The fourth-order valence-corrected chi connectivity index (χ4v) is 1.09. The van der Waals surface area contributed by atoms with Gasteiger partial charge in [0.15, 0.2) is 0 Å². The first kappa shape index (κ1) is 9.08. The summed E-state index contributed by atoms with van der Waals surface area (Å²) in [7, 11) is 0. The van der Waals surface area contributed by atoms with Crippen molar-refractivity contribution in [3.63, 3.8) is 0 Å². The lowest BCUT2D eigenvalue weighted by atomic mass is 10.2. The lowest BCUT2D eigenvalue weighted by Crippen LogP contribution is -1.85. The van der Waals surface area contributed by atoms with Crippen LogP contribution in [0, 0.1) is 11.6 Å². The Bertz CT molecular complexity index is 472. The minimum Gasteiger partial charge on any atom is -0.333 e. The maximum absolute atomic E-state index is 13.1. The minimum atomic E-state index is -0.773. The quantitative estimate of drug-likeness (QED) is 0.736. The van der Waals surface area contributed by atoms with E-state index in [-0.39, 0.29) is 16.7 Å². The molecule has 72 valence electrons. The molecule has 14 heavy (non-hydrogen) atoms. The summed E-state index contributed by atoms with van der Waals surface area (Å²) in [5.41, 5.74) is 0.0193. The average molecular weight is 217 g/mol. The van der Waals surface area contributed by atoms with Crippen LogP contribution in [0.4, 0.5) is 8.78 Å². The van der Waals surface area contributed by atoms with Gasteiger partial charge in [0.1, 0.15) is 11.6 Å². The second kappa shape index (κ2) is 3.34. The molecule has 1 aromatic heterocycles. The highest BCUT2D eigenvalue weighted by Gasteiger charge is 2.12. The van der Waals surface area contributed by atoms with Gasteiger partial charge in [0, 0.05) is 6.07 Å². The molecule has 0 radical (unpaired) electrons. The fraction of sp³-hybridized carbons (Fsp3) is 0. The normalized spacial score (nSPS) is 10.5. The molecule has 0 amide bonds. The van der Waals surface area contributed by atoms with Crippen LogP contribution in [0.15, 0.2) is 22.7 Å². The molecule has 6 heteroatoms. The standard InChI is InChI=1S/C8H3ClF2N2O/c9-8-12-7(14-13-8)5-2-1-4(10)3-6(5)11/h1-3H. The van der Waals surface area contributed by atoms with Crippen LogP contribution < -0.4 is 0 Å². The van der Waals surface area contributed by atoms with E-state index in [0.717, 1.165) is 12.1 Å². The smallest absolute Gasteiger partial charge is 0.264 e. The fourth-order valence-electron chi connectivity index (χ4n) is 0.978. The molecule has 0 spiro atoms. The Morgan fingerprint density at radius 1 is 1.29 bits per heavy atom. The van der Waals surface area contributed by atoms with Crippen molar-refractivity contribution in [3.05, 3.63) is 35.1 Å². The van der Waals surface area contributed by atoms with Crippen molar-refractivity contribution in [1.82, 2.24) is 10.1 Å². The lowest BCUT2D eigenvalue weighted by molar-refractivity contribution is 0.427. The Balaban J connectivity index is 2.52. The topological polar surface area (TPSA) is 38.9 Å². The Labute approximate surface area is 82.3 Å². The van der Waals surface area contributed by atoms with Crippen LogP contribution in [0.5, 0.6) is 0 Å². The summed E-state index contributed by atoms with van der Waals surface area (Å²) in [6.45, 7) is 0. The van der Waals surface area contributed by atoms with Gasteiger partial charge in [0.25, 0.3) is 11.2 Å². The molecule has 0 unspecified atom stereocenters. The predicted molar refractivity (Wildman–Crippen MR) is 44.7 cm³/mol. The van der Waals surface area contributed by atoms with E-state index in [9.17, 15) is 8.78 Å². The van der Waals surface area contributed by atoms with E-state index in [0.29, 0.717) is 0 Å². The summed E-state index contributed by atoms with van der Waals surface area (Å²) < 4.78 is 30.3. The van der Waals surface area contributed by atoms with Crippen molar-refractivity contribution in [3.8, 4) is 11.5 Å². The number of hydrogen-bond acceptors (Lipinski definition) is 3. The zero-order valence-corrected chi connectivity index (χ0v) is 7.42. The Morgan fingerprint density at radius 2 is 2.07 bits per heavy atom. The van der Waals surface area contributed by atoms with E-state index < -0.39 is 11.6 Å². The molecule has 0 aliphatic heterocycles. The molecule has 0 saturated heterocycles. The minimum absolute atomic E-state index is 0.0193. The van der Waals surface area contributed by atoms with Gasteiger partial charge in [0.05, 0.1) is 5.56 Å². The maximum atomic E-state index is 13.1. The number of hydrogen-bond donors (Lipinski definition) is 0. The molecule has 0 bridgehead atoms. The number of aromatic nitrogens is 2. The molecule has 1 aromatic carbocycles. The van der Waals surface area contributed by atoms with Crippen LogP contribution in [-0.4, -0.2) is 10.1 Å². The monoisotopic (exact) mass is 216 g/mol. The summed E-state index contributed by atoms with van der Waals surface area (Å²) in [4.78, 5) is 3.60. The largest absolute Gasteiger partial charge is 0.333 e. The summed E-state index contributed by atoms with van der Waals surface area (Å²) in [6.07, 6.45) is 0. The number of benzene rings is 1. The van der Waals surface area contributed by atoms with Gasteiger partial charge in [-0.05, 0) is 28.9 Å². The van der Waals surface area contributed by atoms with Gasteiger partial charge >= 0.3 is 0 Å². The lowest BCUT2D eigenvalue weighted by Gasteiger charge is -1.95. The number of rotatable bonds is 1.